The SMILES string of the molecule is CC(=O)NCCN(C(=O)c1cncc(-c2ccc(C)cc2)c1)C(C)C(=O)O. The zero-order chi connectivity index (χ0) is 20.0. The summed E-state index contributed by atoms with van der Waals surface area (Å²) in [7, 11) is 0. The Bertz CT molecular complexity index is 833. The Kier molecular flexibility index (Phi) is 6.65. The number of amides is 2. The Morgan fingerprint density at radius 1 is 1.15 bits per heavy atom. The largest absolute Gasteiger partial charge is 0.480 e. The van der Waals surface area contributed by atoms with Crippen molar-refractivity contribution in [3.63, 3.8) is 0 Å². The summed E-state index contributed by atoms with van der Waals surface area (Å²) in [4.78, 5) is 40.7. The molecular weight excluding hydrogens is 346 g/mol. The number of hydrogen-bond donors (Lipinski definition) is 2. The molecule has 7 heteroatoms. The third-order valence-corrected chi connectivity index (χ3v) is 4.18. The molecule has 0 saturated carbocycles. The molecule has 2 rings (SSSR count). The fraction of sp³-hybridized carbons (Fsp3) is 0.300. The molecule has 2 aromatic rings. The average molecular weight is 369 g/mol. The summed E-state index contributed by atoms with van der Waals surface area (Å²) in [5.41, 5.74) is 3.10. The van der Waals surface area contributed by atoms with Crippen LogP contribution in [0.3, 0.4) is 0 Å². The first-order chi connectivity index (χ1) is 12.8. The van der Waals surface area contributed by atoms with Crippen LogP contribution in [-0.2, 0) is 9.59 Å². The van der Waals surface area contributed by atoms with E-state index < -0.39 is 17.9 Å². The molecule has 1 unspecified atom stereocenters. The third kappa shape index (κ3) is 5.37. The molecular formula is C20H23N3O4. The number of carboxylic acids is 1. The van der Waals surface area contributed by atoms with Crippen LogP contribution in [0.25, 0.3) is 11.1 Å². The number of carbonyl (C=O) groups is 3. The third-order valence-electron chi connectivity index (χ3n) is 4.18. The van der Waals surface area contributed by atoms with E-state index in [2.05, 4.69) is 10.3 Å². The molecule has 0 bridgehead atoms. The van der Waals surface area contributed by atoms with E-state index in [-0.39, 0.29) is 19.0 Å². The number of carbonyl (C=O) groups excluding carboxylic acids is 2. The van der Waals surface area contributed by atoms with Crippen molar-refractivity contribution in [2.24, 2.45) is 0 Å². The molecule has 0 fully saturated rings. The van der Waals surface area contributed by atoms with Gasteiger partial charge in [0.1, 0.15) is 6.04 Å². The molecule has 1 aromatic heterocycles. The van der Waals surface area contributed by atoms with Gasteiger partial charge in [-0.15, -0.1) is 0 Å². The van der Waals surface area contributed by atoms with Crippen LogP contribution >= 0.6 is 0 Å². The number of aliphatic carboxylic acids is 1. The lowest BCUT2D eigenvalue weighted by atomic mass is 10.0. The van der Waals surface area contributed by atoms with Crippen molar-refractivity contribution < 1.29 is 19.5 Å². The fourth-order valence-electron chi connectivity index (χ4n) is 2.58. The molecule has 1 atom stereocenters. The summed E-state index contributed by atoms with van der Waals surface area (Å²) in [5, 5.41) is 11.9. The van der Waals surface area contributed by atoms with Crippen LogP contribution in [0.1, 0.15) is 29.8 Å². The van der Waals surface area contributed by atoms with E-state index in [9.17, 15) is 19.5 Å². The lowest BCUT2D eigenvalue weighted by Crippen LogP contribution is -2.46. The van der Waals surface area contributed by atoms with Crippen molar-refractivity contribution in [2.75, 3.05) is 13.1 Å². The van der Waals surface area contributed by atoms with Gasteiger partial charge >= 0.3 is 5.97 Å². The van der Waals surface area contributed by atoms with E-state index in [1.165, 1.54) is 24.9 Å². The molecule has 142 valence electrons. The Morgan fingerprint density at radius 3 is 2.41 bits per heavy atom. The Balaban J connectivity index is 2.28. The van der Waals surface area contributed by atoms with Gasteiger partial charge < -0.3 is 15.3 Å². The first kappa shape index (κ1) is 20.1. The molecule has 0 saturated heterocycles. The lowest BCUT2D eigenvalue weighted by molar-refractivity contribution is -0.141. The molecule has 7 nitrogen and oxygen atoms in total. The molecule has 0 aliphatic heterocycles. The van der Waals surface area contributed by atoms with Crippen LogP contribution in [0.15, 0.2) is 42.7 Å². The normalized spacial score (nSPS) is 11.5. The summed E-state index contributed by atoms with van der Waals surface area (Å²) in [6.07, 6.45) is 3.07. The van der Waals surface area contributed by atoms with Crippen LogP contribution in [0.4, 0.5) is 0 Å². The molecule has 1 heterocycles. The molecule has 0 aliphatic carbocycles. The number of aryl methyl sites for hydroxylation is 1. The van der Waals surface area contributed by atoms with E-state index in [0.29, 0.717) is 5.56 Å². The standard InChI is InChI=1S/C20H23N3O4/c1-13-4-6-16(7-5-13)17-10-18(12-21-11-17)19(25)23(14(2)20(26)27)9-8-22-15(3)24/h4-7,10-12,14H,8-9H2,1-3H3,(H,22,24)(H,26,27). The van der Waals surface area contributed by atoms with E-state index >= 15 is 0 Å². The van der Waals surface area contributed by atoms with Crippen molar-refractivity contribution >= 4 is 17.8 Å². The van der Waals surface area contributed by atoms with Gasteiger partial charge in [-0.2, -0.15) is 0 Å². The van der Waals surface area contributed by atoms with E-state index in [1.807, 2.05) is 31.2 Å². The fourth-order valence-corrected chi connectivity index (χ4v) is 2.58. The van der Waals surface area contributed by atoms with Gasteiger partial charge in [-0.1, -0.05) is 29.8 Å². The second-order valence-corrected chi connectivity index (χ2v) is 6.32. The minimum absolute atomic E-state index is 0.0840. The van der Waals surface area contributed by atoms with Crippen molar-refractivity contribution in [1.82, 2.24) is 15.2 Å². The van der Waals surface area contributed by atoms with Crippen molar-refractivity contribution in [2.45, 2.75) is 26.8 Å². The maximum Gasteiger partial charge on any atom is 0.326 e. The topological polar surface area (TPSA) is 99.6 Å². The van der Waals surface area contributed by atoms with Gasteiger partial charge in [-0.05, 0) is 25.5 Å². The molecule has 27 heavy (non-hydrogen) atoms. The van der Waals surface area contributed by atoms with E-state index in [0.717, 1.165) is 16.7 Å². The number of pyridine rings is 1. The summed E-state index contributed by atoms with van der Waals surface area (Å²) >= 11 is 0. The van der Waals surface area contributed by atoms with E-state index in [1.54, 1.807) is 12.3 Å². The molecule has 0 spiro atoms. The highest BCUT2D eigenvalue weighted by Crippen LogP contribution is 2.21. The quantitative estimate of drug-likeness (QED) is 0.779. The highest BCUT2D eigenvalue weighted by atomic mass is 16.4. The Hall–Kier alpha value is -3.22. The predicted molar refractivity (Wildman–Crippen MR) is 101 cm³/mol. The zero-order valence-corrected chi connectivity index (χ0v) is 15.6. The smallest absolute Gasteiger partial charge is 0.326 e. The van der Waals surface area contributed by atoms with Gasteiger partial charge in [-0.3, -0.25) is 14.6 Å². The predicted octanol–water partition coefficient (Wildman–Crippen LogP) is 2.11. The summed E-state index contributed by atoms with van der Waals surface area (Å²) < 4.78 is 0. The maximum atomic E-state index is 12.9. The number of hydrogen-bond acceptors (Lipinski definition) is 4. The van der Waals surface area contributed by atoms with Gasteiger partial charge in [0.15, 0.2) is 0 Å². The molecule has 0 radical (unpaired) electrons. The molecule has 2 amide bonds. The second-order valence-electron chi connectivity index (χ2n) is 6.32. The summed E-state index contributed by atoms with van der Waals surface area (Å²) in [6, 6.07) is 8.48. The lowest BCUT2D eigenvalue weighted by Gasteiger charge is -2.26. The summed E-state index contributed by atoms with van der Waals surface area (Å²) in [6.45, 7) is 5.04. The molecule has 0 aliphatic rings. The van der Waals surface area contributed by atoms with Gasteiger partial charge in [0.05, 0.1) is 5.56 Å². The van der Waals surface area contributed by atoms with Gasteiger partial charge in [0.2, 0.25) is 5.91 Å². The van der Waals surface area contributed by atoms with Crippen LogP contribution in [0, 0.1) is 6.92 Å². The number of carboxylic acid groups (broad SMARTS) is 1. The van der Waals surface area contributed by atoms with Crippen LogP contribution in [-0.4, -0.2) is 51.9 Å². The van der Waals surface area contributed by atoms with E-state index in [4.69, 9.17) is 0 Å². The van der Waals surface area contributed by atoms with Crippen LogP contribution < -0.4 is 5.32 Å². The van der Waals surface area contributed by atoms with Crippen molar-refractivity contribution in [1.29, 1.82) is 0 Å². The van der Waals surface area contributed by atoms with Gasteiger partial charge in [0, 0.05) is 38.0 Å². The Labute approximate surface area is 158 Å². The maximum absolute atomic E-state index is 12.9. The highest BCUT2D eigenvalue weighted by Gasteiger charge is 2.26. The number of nitrogens with one attached hydrogen (secondary N) is 1. The number of nitrogens with zero attached hydrogens (tertiary/aromatic N) is 2. The summed E-state index contributed by atoms with van der Waals surface area (Å²) in [5.74, 6) is -1.81. The first-order valence-corrected chi connectivity index (χ1v) is 8.60. The highest BCUT2D eigenvalue weighted by molar-refractivity contribution is 5.97. The average Bonchev–Trinajstić information content (AvgIpc) is 2.64. The van der Waals surface area contributed by atoms with Crippen molar-refractivity contribution in [3.05, 3.63) is 53.9 Å². The first-order valence-electron chi connectivity index (χ1n) is 8.60. The van der Waals surface area contributed by atoms with Crippen LogP contribution in [0.5, 0.6) is 0 Å². The minimum Gasteiger partial charge on any atom is -0.480 e. The van der Waals surface area contributed by atoms with Gasteiger partial charge in [-0.25, -0.2) is 4.79 Å². The van der Waals surface area contributed by atoms with Crippen molar-refractivity contribution in [3.8, 4) is 11.1 Å². The monoisotopic (exact) mass is 369 g/mol. The molecule has 2 N–H and O–H groups in total. The molecule has 1 aromatic carbocycles. The van der Waals surface area contributed by atoms with Crippen LogP contribution in [0.2, 0.25) is 0 Å². The number of rotatable bonds is 7. The van der Waals surface area contributed by atoms with Gasteiger partial charge in [0.25, 0.3) is 5.91 Å². The zero-order valence-electron chi connectivity index (χ0n) is 15.6. The second kappa shape index (κ2) is 8.93. The minimum atomic E-state index is -1.12. The number of aromatic nitrogens is 1. The number of benzene rings is 1. The Morgan fingerprint density at radius 2 is 1.81 bits per heavy atom.